The molecule has 0 aromatic carbocycles. The van der Waals surface area contributed by atoms with Crippen LogP contribution in [0.15, 0.2) is 11.4 Å². The van der Waals surface area contributed by atoms with Gasteiger partial charge in [0.25, 0.3) is 0 Å². The summed E-state index contributed by atoms with van der Waals surface area (Å²) >= 11 is 1.89. The highest BCUT2D eigenvalue weighted by Crippen LogP contribution is 2.38. The number of aryl methyl sites for hydroxylation is 1. The molecule has 1 aliphatic carbocycles. The minimum atomic E-state index is 0.134. The van der Waals surface area contributed by atoms with E-state index >= 15 is 0 Å². The van der Waals surface area contributed by atoms with Crippen molar-refractivity contribution in [3.63, 3.8) is 0 Å². The van der Waals surface area contributed by atoms with Gasteiger partial charge in [-0.3, -0.25) is 9.69 Å². The van der Waals surface area contributed by atoms with Crippen molar-refractivity contribution in [3.8, 4) is 0 Å². The van der Waals surface area contributed by atoms with Crippen LogP contribution in [0, 0.1) is 5.92 Å². The Morgan fingerprint density at radius 2 is 2.33 bits per heavy atom. The van der Waals surface area contributed by atoms with Crippen LogP contribution in [0.4, 0.5) is 0 Å². The molecule has 3 rings (SSSR count). The zero-order valence-electron chi connectivity index (χ0n) is 12.5. The van der Waals surface area contributed by atoms with Crippen LogP contribution < -0.4 is 11.1 Å². The number of nitrogens with one attached hydrogen (secondary N) is 1. The summed E-state index contributed by atoms with van der Waals surface area (Å²) < 4.78 is 0. The van der Waals surface area contributed by atoms with E-state index in [4.69, 9.17) is 5.73 Å². The molecular weight excluding hydrogens is 282 g/mol. The molecule has 1 saturated heterocycles. The Kier molecular flexibility index (Phi) is 4.93. The molecule has 0 bridgehead atoms. The highest BCUT2D eigenvalue weighted by Gasteiger charge is 2.32. The fourth-order valence-electron chi connectivity index (χ4n) is 3.68. The lowest BCUT2D eigenvalue weighted by atomic mass is 9.89. The van der Waals surface area contributed by atoms with Crippen LogP contribution in [0.1, 0.15) is 42.2 Å². The molecule has 2 unspecified atom stereocenters. The maximum atomic E-state index is 12.2. The first-order valence-electron chi connectivity index (χ1n) is 8.07. The normalized spacial score (nSPS) is 26.3. The highest BCUT2D eigenvalue weighted by atomic mass is 32.1. The lowest BCUT2D eigenvalue weighted by Gasteiger charge is -2.39. The van der Waals surface area contributed by atoms with Gasteiger partial charge in [0.05, 0.1) is 5.92 Å². The van der Waals surface area contributed by atoms with Crippen molar-refractivity contribution >= 4 is 17.2 Å². The second-order valence-corrected chi connectivity index (χ2v) is 7.12. The lowest BCUT2D eigenvalue weighted by Crippen LogP contribution is -2.45. The van der Waals surface area contributed by atoms with E-state index < -0.39 is 0 Å². The van der Waals surface area contributed by atoms with Gasteiger partial charge in [-0.25, -0.2) is 0 Å². The van der Waals surface area contributed by atoms with Gasteiger partial charge in [0.15, 0.2) is 0 Å². The van der Waals surface area contributed by atoms with E-state index in [9.17, 15) is 4.79 Å². The molecule has 2 heterocycles. The number of fused-ring (bicyclic) bond motifs is 1. The van der Waals surface area contributed by atoms with E-state index in [0.717, 1.165) is 25.9 Å². The summed E-state index contributed by atoms with van der Waals surface area (Å²) in [4.78, 5) is 16.3. The van der Waals surface area contributed by atoms with Gasteiger partial charge in [-0.15, -0.1) is 11.3 Å². The van der Waals surface area contributed by atoms with Crippen LogP contribution >= 0.6 is 11.3 Å². The maximum absolute atomic E-state index is 12.2. The van der Waals surface area contributed by atoms with Gasteiger partial charge in [-0.05, 0) is 55.7 Å². The number of piperidine rings is 1. The molecule has 2 atom stereocenters. The summed E-state index contributed by atoms with van der Waals surface area (Å²) in [6, 6.07) is 2.83. The van der Waals surface area contributed by atoms with Crippen LogP contribution in [0.25, 0.3) is 0 Å². The smallest absolute Gasteiger partial charge is 0.224 e. The van der Waals surface area contributed by atoms with Crippen LogP contribution in [0.3, 0.4) is 0 Å². The average molecular weight is 307 g/mol. The van der Waals surface area contributed by atoms with E-state index in [0.29, 0.717) is 19.1 Å². The number of carbonyl (C=O) groups is 1. The van der Waals surface area contributed by atoms with Gasteiger partial charge < -0.3 is 11.1 Å². The Hall–Kier alpha value is -0.910. The topological polar surface area (TPSA) is 58.4 Å². The highest BCUT2D eigenvalue weighted by molar-refractivity contribution is 7.10. The third kappa shape index (κ3) is 3.30. The fourth-order valence-corrected chi connectivity index (χ4v) is 4.67. The van der Waals surface area contributed by atoms with E-state index in [1.807, 2.05) is 11.3 Å². The third-order valence-electron chi connectivity index (χ3n) is 4.73. The standard InChI is InChI=1S/C16H25N3OS/c17-7-8-18-16(20)12-3-2-9-19(11-12)14-4-1-5-15-13(14)6-10-21-15/h6,10,12,14H,1-5,7-9,11,17H2,(H,18,20). The Morgan fingerprint density at radius 1 is 1.43 bits per heavy atom. The summed E-state index contributed by atoms with van der Waals surface area (Å²) in [5, 5.41) is 5.17. The Bertz CT molecular complexity index is 488. The number of amides is 1. The predicted octanol–water partition coefficient (Wildman–Crippen LogP) is 1.91. The quantitative estimate of drug-likeness (QED) is 0.893. The molecule has 5 heteroatoms. The van der Waals surface area contributed by atoms with Crippen molar-refractivity contribution in [1.82, 2.24) is 10.2 Å². The number of hydrogen-bond acceptors (Lipinski definition) is 4. The van der Waals surface area contributed by atoms with Gasteiger partial charge in [0, 0.05) is 30.6 Å². The van der Waals surface area contributed by atoms with Gasteiger partial charge in [0.1, 0.15) is 0 Å². The molecule has 2 aliphatic rings. The van der Waals surface area contributed by atoms with E-state index in [2.05, 4.69) is 21.7 Å². The molecule has 0 saturated carbocycles. The van der Waals surface area contributed by atoms with E-state index in [-0.39, 0.29) is 11.8 Å². The van der Waals surface area contributed by atoms with Crippen LogP contribution in [-0.4, -0.2) is 37.0 Å². The summed E-state index contributed by atoms with van der Waals surface area (Å²) in [6.45, 7) is 3.13. The molecule has 116 valence electrons. The average Bonchev–Trinajstić information content (AvgIpc) is 3.01. The van der Waals surface area contributed by atoms with Crippen molar-refractivity contribution in [1.29, 1.82) is 0 Å². The van der Waals surface area contributed by atoms with Crippen molar-refractivity contribution in [2.75, 3.05) is 26.2 Å². The van der Waals surface area contributed by atoms with Gasteiger partial charge in [0.2, 0.25) is 5.91 Å². The lowest BCUT2D eigenvalue weighted by molar-refractivity contribution is -0.127. The Labute approximate surface area is 130 Å². The third-order valence-corrected chi connectivity index (χ3v) is 5.72. The summed E-state index contributed by atoms with van der Waals surface area (Å²) in [5.74, 6) is 0.320. The maximum Gasteiger partial charge on any atom is 0.224 e. The first-order chi connectivity index (χ1) is 10.3. The van der Waals surface area contributed by atoms with Crippen molar-refractivity contribution < 1.29 is 4.79 Å². The second-order valence-electron chi connectivity index (χ2n) is 6.12. The van der Waals surface area contributed by atoms with Crippen molar-refractivity contribution in [2.45, 2.75) is 38.1 Å². The number of nitrogens with zero attached hydrogens (tertiary/aromatic N) is 1. The Balaban J connectivity index is 1.66. The van der Waals surface area contributed by atoms with Gasteiger partial charge >= 0.3 is 0 Å². The molecule has 3 N–H and O–H groups in total. The van der Waals surface area contributed by atoms with E-state index in [1.54, 1.807) is 4.88 Å². The van der Waals surface area contributed by atoms with Crippen molar-refractivity contribution in [2.24, 2.45) is 11.7 Å². The minimum Gasteiger partial charge on any atom is -0.355 e. The second kappa shape index (κ2) is 6.90. The SMILES string of the molecule is NCCNC(=O)C1CCCN(C2CCCc3sccc32)C1. The minimum absolute atomic E-state index is 0.134. The van der Waals surface area contributed by atoms with Crippen LogP contribution in [-0.2, 0) is 11.2 Å². The molecule has 4 nitrogen and oxygen atoms in total. The first-order valence-corrected chi connectivity index (χ1v) is 8.95. The largest absolute Gasteiger partial charge is 0.355 e. The number of rotatable bonds is 4. The molecule has 0 radical (unpaired) electrons. The van der Waals surface area contributed by atoms with Crippen LogP contribution in [0.2, 0.25) is 0 Å². The number of thiophene rings is 1. The number of likely N-dealkylation sites (tertiary alicyclic amines) is 1. The predicted molar refractivity (Wildman–Crippen MR) is 86.4 cm³/mol. The number of hydrogen-bond donors (Lipinski definition) is 2. The van der Waals surface area contributed by atoms with Crippen molar-refractivity contribution in [3.05, 3.63) is 21.9 Å². The van der Waals surface area contributed by atoms with Gasteiger partial charge in [-0.2, -0.15) is 0 Å². The number of nitrogens with two attached hydrogens (primary N) is 1. The first kappa shape index (κ1) is 15.0. The molecule has 0 spiro atoms. The van der Waals surface area contributed by atoms with Crippen LogP contribution in [0.5, 0.6) is 0 Å². The summed E-state index contributed by atoms with van der Waals surface area (Å²) in [6.07, 6.45) is 5.88. The van der Waals surface area contributed by atoms with E-state index in [1.165, 1.54) is 24.8 Å². The zero-order valence-corrected chi connectivity index (χ0v) is 13.3. The monoisotopic (exact) mass is 307 g/mol. The molecule has 1 aromatic heterocycles. The molecule has 1 amide bonds. The zero-order chi connectivity index (χ0) is 14.7. The summed E-state index contributed by atoms with van der Waals surface area (Å²) in [5.41, 5.74) is 6.99. The molecule has 1 fully saturated rings. The van der Waals surface area contributed by atoms with Gasteiger partial charge in [-0.1, -0.05) is 0 Å². The molecule has 1 aromatic rings. The molecule has 1 aliphatic heterocycles. The molecule has 21 heavy (non-hydrogen) atoms. The number of carbonyl (C=O) groups excluding carboxylic acids is 1. The molecular formula is C16H25N3OS. The Morgan fingerprint density at radius 3 is 3.19 bits per heavy atom. The summed E-state index contributed by atoms with van der Waals surface area (Å²) in [7, 11) is 0. The fraction of sp³-hybridized carbons (Fsp3) is 0.688.